The quantitative estimate of drug-likeness (QED) is 0.672. The average molecular weight is 388 g/mol. The number of carbonyl (C=O) groups is 1. The fourth-order valence-corrected chi connectivity index (χ4v) is 2.79. The molecule has 0 aliphatic carbocycles. The Labute approximate surface area is 160 Å². The van der Waals surface area contributed by atoms with Crippen molar-refractivity contribution in [2.24, 2.45) is 0 Å². The maximum atomic E-state index is 13.0. The first kappa shape index (κ1) is 19.5. The van der Waals surface area contributed by atoms with Gasteiger partial charge in [-0.25, -0.2) is 9.78 Å². The van der Waals surface area contributed by atoms with Gasteiger partial charge in [0.1, 0.15) is 5.82 Å². The molecule has 0 saturated carbocycles. The number of halogens is 3. The van der Waals surface area contributed by atoms with Gasteiger partial charge in [0.05, 0.1) is 11.3 Å². The second-order valence-corrected chi connectivity index (χ2v) is 6.27. The molecule has 0 radical (unpaired) electrons. The number of nitrogens with one attached hydrogen (secondary N) is 2. The number of alkyl halides is 3. The van der Waals surface area contributed by atoms with Crippen molar-refractivity contribution in [3.8, 4) is 0 Å². The van der Waals surface area contributed by atoms with Crippen molar-refractivity contribution in [3.63, 3.8) is 0 Å². The van der Waals surface area contributed by atoms with Gasteiger partial charge in [0.15, 0.2) is 0 Å². The molecular weight excluding hydrogens is 369 g/mol. The number of anilines is 1. The van der Waals surface area contributed by atoms with Crippen molar-refractivity contribution in [1.29, 1.82) is 0 Å². The second-order valence-electron chi connectivity index (χ2n) is 6.27. The number of amides is 2. The lowest BCUT2D eigenvalue weighted by Crippen LogP contribution is -2.29. The number of aryl methyl sites for hydroxylation is 1. The SMILES string of the molecule is Cc1nccn1Cc1cccc(CNC(=O)Nc2ccccc2C(F)(F)F)c1. The average Bonchev–Trinajstić information content (AvgIpc) is 3.05. The zero-order valence-corrected chi connectivity index (χ0v) is 15.1. The van der Waals surface area contributed by atoms with E-state index in [-0.39, 0.29) is 12.2 Å². The van der Waals surface area contributed by atoms with Crippen LogP contribution >= 0.6 is 0 Å². The van der Waals surface area contributed by atoms with Crippen molar-refractivity contribution in [3.05, 3.63) is 83.4 Å². The molecule has 5 nitrogen and oxygen atoms in total. The zero-order valence-electron chi connectivity index (χ0n) is 15.1. The van der Waals surface area contributed by atoms with Crippen LogP contribution in [0.1, 0.15) is 22.5 Å². The molecule has 0 fully saturated rings. The number of rotatable bonds is 5. The van der Waals surface area contributed by atoms with Gasteiger partial charge in [0, 0.05) is 25.5 Å². The number of carbonyl (C=O) groups excluding carboxylic acids is 1. The highest BCUT2D eigenvalue weighted by Gasteiger charge is 2.33. The van der Waals surface area contributed by atoms with E-state index in [0.717, 1.165) is 23.0 Å². The monoisotopic (exact) mass is 388 g/mol. The summed E-state index contributed by atoms with van der Waals surface area (Å²) in [5.74, 6) is 0.895. The van der Waals surface area contributed by atoms with Gasteiger partial charge in [-0.15, -0.1) is 0 Å². The molecule has 0 atom stereocenters. The third-order valence-corrected chi connectivity index (χ3v) is 4.20. The van der Waals surface area contributed by atoms with Gasteiger partial charge in [-0.3, -0.25) is 0 Å². The lowest BCUT2D eigenvalue weighted by atomic mass is 10.1. The minimum absolute atomic E-state index is 0.191. The summed E-state index contributed by atoms with van der Waals surface area (Å²) < 4.78 is 41.0. The van der Waals surface area contributed by atoms with Crippen LogP contribution in [0.15, 0.2) is 60.9 Å². The standard InChI is InChI=1S/C20H19F3N4O/c1-14-24-9-10-27(14)13-16-6-4-5-15(11-16)12-25-19(28)26-18-8-3-2-7-17(18)20(21,22)23/h2-11H,12-13H2,1H3,(H2,25,26,28). The third-order valence-electron chi connectivity index (χ3n) is 4.20. The summed E-state index contributed by atoms with van der Waals surface area (Å²) in [5.41, 5.74) is 0.706. The van der Waals surface area contributed by atoms with Crippen LogP contribution in [-0.4, -0.2) is 15.6 Å². The van der Waals surface area contributed by atoms with E-state index in [4.69, 9.17) is 0 Å². The Bertz CT molecular complexity index is 966. The molecular formula is C20H19F3N4O. The van der Waals surface area contributed by atoms with Crippen molar-refractivity contribution in [1.82, 2.24) is 14.9 Å². The first-order valence-corrected chi connectivity index (χ1v) is 8.59. The van der Waals surface area contributed by atoms with Crippen molar-refractivity contribution in [2.75, 3.05) is 5.32 Å². The Morgan fingerprint density at radius 3 is 2.57 bits per heavy atom. The van der Waals surface area contributed by atoms with Gasteiger partial charge >= 0.3 is 12.2 Å². The fourth-order valence-electron chi connectivity index (χ4n) is 2.79. The van der Waals surface area contributed by atoms with E-state index >= 15 is 0 Å². The summed E-state index contributed by atoms with van der Waals surface area (Å²) in [4.78, 5) is 16.2. The Hall–Kier alpha value is -3.29. The van der Waals surface area contributed by atoms with Crippen LogP contribution in [0.25, 0.3) is 0 Å². The molecule has 3 aromatic rings. The zero-order chi connectivity index (χ0) is 20.1. The second kappa shape index (κ2) is 8.16. The number of urea groups is 1. The Morgan fingerprint density at radius 1 is 1.11 bits per heavy atom. The molecule has 146 valence electrons. The molecule has 1 heterocycles. The molecule has 0 bridgehead atoms. The van der Waals surface area contributed by atoms with E-state index in [1.54, 1.807) is 6.20 Å². The number of para-hydroxylation sites is 1. The fraction of sp³-hybridized carbons (Fsp3) is 0.200. The van der Waals surface area contributed by atoms with Crippen LogP contribution in [0.3, 0.4) is 0 Å². The van der Waals surface area contributed by atoms with E-state index in [0.29, 0.717) is 6.54 Å². The van der Waals surface area contributed by atoms with Gasteiger partial charge < -0.3 is 15.2 Å². The van der Waals surface area contributed by atoms with E-state index < -0.39 is 17.8 Å². The summed E-state index contributed by atoms with van der Waals surface area (Å²) in [7, 11) is 0. The van der Waals surface area contributed by atoms with E-state index in [1.807, 2.05) is 42.0 Å². The lowest BCUT2D eigenvalue weighted by Gasteiger charge is -2.14. The van der Waals surface area contributed by atoms with Crippen LogP contribution in [0.5, 0.6) is 0 Å². The molecule has 2 aromatic carbocycles. The van der Waals surface area contributed by atoms with E-state index in [2.05, 4.69) is 15.6 Å². The first-order valence-electron chi connectivity index (χ1n) is 8.59. The molecule has 0 unspecified atom stereocenters. The van der Waals surface area contributed by atoms with Crippen LogP contribution in [0.2, 0.25) is 0 Å². The summed E-state index contributed by atoms with van der Waals surface area (Å²) in [5, 5.41) is 4.85. The highest BCUT2D eigenvalue weighted by molar-refractivity contribution is 5.90. The van der Waals surface area contributed by atoms with Gasteiger partial charge in [0.25, 0.3) is 0 Å². The molecule has 2 N–H and O–H groups in total. The number of aromatic nitrogens is 2. The lowest BCUT2D eigenvalue weighted by molar-refractivity contribution is -0.136. The maximum absolute atomic E-state index is 13.0. The largest absolute Gasteiger partial charge is 0.418 e. The van der Waals surface area contributed by atoms with Crippen LogP contribution in [0.4, 0.5) is 23.7 Å². The third kappa shape index (κ3) is 4.91. The number of nitrogens with zero attached hydrogens (tertiary/aromatic N) is 2. The summed E-state index contributed by atoms with van der Waals surface area (Å²) in [6.07, 6.45) is -0.931. The van der Waals surface area contributed by atoms with Crippen molar-refractivity contribution < 1.29 is 18.0 Å². The van der Waals surface area contributed by atoms with E-state index in [9.17, 15) is 18.0 Å². The molecule has 0 saturated heterocycles. The van der Waals surface area contributed by atoms with Gasteiger partial charge in [-0.1, -0.05) is 36.4 Å². The number of hydrogen-bond acceptors (Lipinski definition) is 2. The number of imidazole rings is 1. The van der Waals surface area contributed by atoms with Crippen molar-refractivity contribution >= 4 is 11.7 Å². The van der Waals surface area contributed by atoms with Crippen LogP contribution < -0.4 is 10.6 Å². The van der Waals surface area contributed by atoms with Gasteiger partial charge in [-0.2, -0.15) is 13.2 Å². The van der Waals surface area contributed by atoms with Gasteiger partial charge in [-0.05, 0) is 30.2 Å². The van der Waals surface area contributed by atoms with Crippen LogP contribution in [-0.2, 0) is 19.3 Å². The smallest absolute Gasteiger partial charge is 0.334 e. The molecule has 1 aromatic heterocycles. The van der Waals surface area contributed by atoms with Gasteiger partial charge in [0.2, 0.25) is 0 Å². The predicted molar refractivity (Wildman–Crippen MR) is 99.8 cm³/mol. The molecule has 28 heavy (non-hydrogen) atoms. The summed E-state index contributed by atoms with van der Waals surface area (Å²) in [6.45, 7) is 2.75. The Balaban J connectivity index is 1.61. The van der Waals surface area contributed by atoms with Crippen LogP contribution in [0, 0.1) is 6.92 Å². The molecule has 0 aliphatic rings. The highest BCUT2D eigenvalue weighted by atomic mass is 19.4. The molecule has 0 spiro atoms. The normalized spacial score (nSPS) is 11.3. The number of benzene rings is 2. The minimum Gasteiger partial charge on any atom is -0.334 e. The minimum atomic E-state index is -4.54. The van der Waals surface area contributed by atoms with E-state index in [1.165, 1.54) is 18.2 Å². The Morgan fingerprint density at radius 2 is 1.86 bits per heavy atom. The van der Waals surface area contributed by atoms with Crippen molar-refractivity contribution in [2.45, 2.75) is 26.2 Å². The highest BCUT2D eigenvalue weighted by Crippen LogP contribution is 2.34. The molecule has 2 amide bonds. The topological polar surface area (TPSA) is 59.0 Å². The number of hydrogen-bond donors (Lipinski definition) is 2. The predicted octanol–water partition coefficient (Wildman–Crippen LogP) is 4.58. The molecule has 3 rings (SSSR count). The Kier molecular flexibility index (Phi) is 5.67. The molecule has 8 heteroatoms. The first-order chi connectivity index (χ1) is 13.3. The summed E-state index contributed by atoms with van der Waals surface area (Å²) in [6, 6.07) is 11.8. The maximum Gasteiger partial charge on any atom is 0.418 e. The molecule has 0 aliphatic heterocycles. The summed E-state index contributed by atoms with van der Waals surface area (Å²) >= 11 is 0.